The molecule has 0 aliphatic carbocycles. The van der Waals surface area contributed by atoms with Crippen molar-refractivity contribution in [3.8, 4) is 0 Å². The van der Waals surface area contributed by atoms with Gasteiger partial charge < -0.3 is 15.0 Å². The number of ether oxygens (including phenoxy) is 1. The van der Waals surface area contributed by atoms with E-state index in [-0.39, 0.29) is 6.09 Å². The average molecular weight is 337 g/mol. The van der Waals surface area contributed by atoms with Crippen LogP contribution in [0.1, 0.15) is 38.3 Å². The van der Waals surface area contributed by atoms with Crippen LogP contribution in [0.15, 0.2) is 18.2 Å². The molecular weight excluding hydrogens is 308 g/mol. The van der Waals surface area contributed by atoms with E-state index >= 15 is 0 Å². The molecule has 0 bridgehead atoms. The lowest BCUT2D eigenvalue weighted by molar-refractivity contribution is 0.0224. The number of carbonyl (C=O) groups excluding carboxylic acids is 1. The van der Waals surface area contributed by atoms with Gasteiger partial charge in [0, 0.05) is 25.3 Å². The Bertz CT molecular complexity index is 540. The summed E-state index contributed by atoms with van der Waals surface area (Å²) in [6, 6.07) is 6.49. The molecule has 1 aliphatic rings. The van der Waals surface area contributed by atoms with Crippen molar-refractivity contribution < 1.29 is 9.53 Å². The molecule has 128 valence electrons. The maximum absolute atomic E-state index is 12.2. The first-order chi connectivity index (χ1) is 10.9. The van der Waals surface area contributed by atoms with Gasteiger partial charge >= 0.3 is 6.09 Å². The van der Waals surface area contributed by atoms with Crippen LogP contribution < -0.4 is 5.32 Å². The summed E-state index contributed by atoms with van der Waals surface area (Å²) in [7, 11) is 0. The van der Waals surface area contributed by atoms with Crippen molar-refractivity contribution in [1.29, 1.82) is 0 Å². The van der Waals surface area contributed by atoms with Crippen LogP contribution in [0.3, 0.4) is 0 Å². The van der Waals surface area contributed by atoms with Gasteiger partial charge in [-0.3, -0.25) is 0 Å². The number of nitrogens with zero attached hydrogens (tertiary/aromatic N) is 1. The summed E-state index contributed by atoms with van der Waals surface area (Å²) in [5, 5.41) is 3.46. The summed E-state index contributed by atoms with van der Waals surface area (Å²) in [4.78, 5) is 14.0. The number of hydrogen-bond acceptors (Lipinski definition) is 4. The summed E-state index contributed by atoms with van der Waals surface area (Å²) < 4.78 is 5.48. The zero-order chi connectivity index (χ0) is 16.9. The van der Waals surface area contributed by atoms with Gasteiger partial charge in [-0.15, -0.1) is 0 Å². The number of thioether (sulfide) groups is 1. The Morgan fingerprint density at radius 1 is 1.35 bits per heavy atom. The molecule has 0 unspecified atom stereocenters. The summed E-state index contributed by atoms with van der Waals surface area (Å²) >= 11 is 1.87. The molecule has 5 heteroatoms. The van der Waals surface area contributed by atoms with Gasteiger partial charge in [0.2, 0.25) is 0 Å². The largest absolute Gasteiger partial charge is 0.444 e. The van der Waals surface area contributed by atoms with E-state index in [0.29, 0.717) is 6.54 Å². The number of nitrogens with one attached hydrogen (secondary N) is 1. The van der Waals surface area contributed by atoms with Crippen molar-refractivity contribution in [1.82, 2.24) is 4.90 Å². The van der Waals surface area contributed by atoms with Crippen LogP contribution in [0, 0.1) is 0 Å². The van der Waals surface area contributed by atoms with Crippen molar-refractivity contribution in [3.05, 3.63) is 29.3 Å². The number of fused-ring (bicyclic) bond motifs is 1. The highest BCUT2D eigenvalue weighted by Crippen LogP contribution is 2.24. The van der Waals surface area contributed by atoms with Crippen LogP contribution in [0.4, 0.5) is 10.5 Å². The van der Waals surface area contributed by atoms with Gasteiger partial charge in [-0.25, -0.2) is 4.79 Å². The number of anilines is 1. The van der Waals surface area contributed by atoms with E-state index < -0.39 is 5.60 Å². The lowest BCUT2D eigenvalue weighted by Gasteiger charge is -2.31. The van der Waals surface area contributed by atoms with Gasteiger partial charge in [-0.05, 0) is 68.9 Å². The number of hydrogen-bond donors (Lipinski definition) is 1. The predicted octanol–water partition coefficient (Wildman–Crippen LogP) is 4.14. The Morgan fingerprint density at radius 3 is 2.83 bits per heavy atom. The first-order valence-corrected chi connectivity index (χ1v) is 9.61. The molecule has 0 spiro atoms. The first-order valence-electron chi connectivity index (χ1n) is 8.21. The number of amides is 1. The van der Waals surface area contributed by atoms with Crippen molar-refractivity contribution in [2.24, 2.45) is 0 Å². The number of carbonyl (C=O) groups is 1. The van der Waals surface area contributed by atoms with Crippen LogP contribution in [0.5, 0.6) is 0 Å². The molecule has 1 aliphatic heterocycles. The minimum absolute atomic E-state index is 0.221. The quantitative estimate of drug-likeness (QED) is 0.820. The average Bonchev–Trinajstić information content (AvgIpc) is 2.49. The second kappa shape index (κ2) is 7.95. The van der Waals surface area contributed by atoms with Crippen LogP contribution in [0.25, 0.3) is 0 Å². The lowest BCUT2D eigenvalue weighted by atomic mass is 9.99. The second-order valence-corrected chi connectivity index (χ2v) is 7.89. The molecule has 1 amide bonds. The number of benzene rings is 1. The van der Waals surface area contributed by atoms with Crippen LogP contribution in [0.2, 0.25) is 0 Å². The Kier molecular flexibility index (Phi) is 6.22. The molecule has 23 heavy (non-hydrogen) atoms. The maximum atomic E-state index is 12.2. The minimum atomic E-state index is -0.446. The van der Waals surface area contributed by atoms with E-state index in [0.717, 1.165) is 31.6 Å². The molecule has 0 saturated carbocycles. The maximum Gasteiger partial charge on any atom is 0.410 e. The molecule has 1 N–H and O–H groups in total. The molecule has 0 saturated heterocycles. The highest BCUT2D eigenvalue weighted by molar-refractivity contribution is 7.98. The standard InChI is InChI=1S/C18H28N2O2S/c1-18(2,3)22-17(21)20-10-8-14-6-7-16(12-15(14)13-20)19-9-5-11-23-4/h6-7,12,19H,5,8-11,13H2,1-4H3. The zero-order valence-electron chi connectivity index (χ0n) is 14.6. The van der Waals surface area contributed by atoms with Gasteiger partial charge in [0.1, 0.15) is 5.60 Å². The summed E-state index contributed by atoms with van der Waals surface area (Å²) in [5.74, 6) is 1.17. The molecule has 1 heterocycles. The molecule has 0 fully saturated rings. The molecule has 2 rings (SSSR count). The third-order valence-electron chi connectivity index (χ3n) is 3.72. The molecule has 0 aromatic heterocycles. The Balaban J connectivity index is 1.97. The normalized spacial score (nSPS) is 14.3. The smallest absolute Gasteiger partial charge is 0.410 e. The minimum Gasteiger partial charge on any atom is -0.444 e. The molecule has 0 atom stereocenters. The second-order valence-electron chi connectivity index (χ2n) is 6.91. The van der Waals surface area contributed by atoms with Crippen molar-refractivity contribution in [3.63, 3.8) is 0 Å². The van der Waals surface area contributed by atoms with Crippen molar-refractivity contribution in [2.45, 2.75) is 45.8 Å². The Morgan fingerprint density at radius 2 is 2.13 bits per heavy atom. The van der Waals surface area contributed by atoms with E-state index in [1.165, 1.54) is 16.9 Å². The molecule has 0 radical (unpaired) electrons. The van der Waals surface area contributed by atoms with E-state index in [2.05, 4.69) is 29.8 Å². The van der Waals surface area contributed by atoms with Gasteiger partial charge in [0.15, 0.2) is 0 Å². The SMILES string of the molecule is CSCCCNc1ccc2c(c1)CN(C(=O)OC(C)(C)C)CC2. The topological polar surface area (TPSA) is 41.6 Å². The summed E-state index contributed by atoms with van der Waals surface area (Å²) in [6.07, 6.45) is 3.95. The van der Waals surface area contributed by atoms with Crippen LogP contribution in [-0.2, 0) is 17.7 Å². The predicted molar refractivity (Wildman–Crippen MR) is 98.3 cm³/mol. The van der Waals surface area contributed by atoms with Gasteiger partial charge in [0.05, 0.1) is 0 Å². The molecule has 4 nitrogen and oxygen atoms in total. The number of rotatable bonds is 5. The van der Waals surface area contributed by atoms with E-state index in [1.54, 1.807) is 4.90 Å². The fourth-order valence-corrected chi connectivity index (χ4v) is 3.03. The highest BCUT2D eigenvalue weighted by Gasteiger charge is 2.25. The van der Waals surface area contributed by atoms with Crippen LogP contribution >= 0.6 is 11.8 Å². The van der Waals surface area contributed by atoms with Crippen LogP contribution in [-0.4, -0.2) is 41.7 Å². The van der Waals surface area contributed by atoms with Crippen molar-refractivity contribution in [2.75, 3.05) is 30.4 Å². The fourth-order valence-electron chi connectivity index (χ4n) is 2.60. The van der Waals surface area contributed by atoms with Gasteiger partial charge in [0.25, 0.3) is 0 Å². The third kappa shape index (κ3) is 5.65. The summed E-state index contributed by atoms with van der Waals surface area (Å²) in [5.41, 5.74) is 3.24. The zero-order valence-corrected chi connectivity index (χ0v) is 15.5. The van der Waals surface area contributed by atoms with E-state index in [4.69, 9.17) is 4.74 Å². The van der Waals surface area contributed by atoms with E-state index in [9.17, 15) is 4.79 Å². The highest BCUT2D eigenvalue weighted by atomic mass is 32.2. The monoisotopic (exact) mass is 336 g/mol. The fraction of sp³-hybridized carbons (Fsp3) is 0.611. The first kappa shape index (κ1) is 18.0. The summed E-state index contributed by atoms with van der Waals surface area (Å²) in [6.45, 7) is 8.04. The molecular formula is C18H28N2O2S. The molecule has 1 aromatic carbocycles. The van der Waals surface area contributed by atoms with E-state index in [1.807, 2.05) is 32.5 Å². The van der Waals surface area contributed by atoms with Gasteiger partial charge in [-0.2, -0.15) is 11.8 Å². The lowest BCUT2D eigenvalue weighted by Crippen LogP contribution is -2.39. The molecule has 1 aromatic rings. The third-order valence-corrected chi connectivity index (χ3v) is 4.42. The Hall–Kier alpha value is -1.36. The Labute approximate surface area is 144 Å². The van der Waals surface area contributed by atoms with Gasteiger partial charge in [-0.1, -0.05) is 6.07 Å². The van der Waals surface area contributed by atoms with Crippen molar-refractivity contribution >= 4 is 23.5 Å².